The van der Waals surface area contributed by atoms with E-state index < -0.39 is 0 Å². The van der Waals surface area contributed by atoms with Crippen LogP contribution < -0.4 is 5.32 Å². The maximum Gasteiger partial charge on any atom is 0.221 e. The van der Waals surface area contributed by atoms with E-state index in [2.05, 4.69) is 48.1 Å². The Labute approximate surface area is 217 Å². The summed E-state index contributed by atoms with van der Waals surface area (Å²) in [6.07, 6.45) is 17.2. The van der Waals surface area contributed by atoms with Crippen LogP contribution >= 0.6 is 0 Å². The van der Waals surface area contributed by atoms with Gasteiger partial charge in [0.15, 0.2) is 0 Å². The number of nitrogens with one attached hydrogen (secondary N) is 1. The maximum absolute atomic E-state index is 12.7. The number of Topliss-reactive ketones (excluding diaryl/α,β-unsaturated/α-hetero) is 1. The van der Waals surface area contributed by atoms with Gasteiger partial charge in [-0.1, -0.05) is 45.4 Å². The summed E-state index contributed by atoms with van der Waals surface area (Å²) in [6.45, 7) is 8.47. The van der Waals surface area contributed by atoms with Gasteiger partial charge in [0.05, 0.1) is 0 Å². The van der Waals surface area contributed by atoms with Crippen molar-refractivity contribution in [3.8, 4) is 0 Å². The Balaban J connectivity index is 2.38. The summed E-state index contributed by atoms with van der Waals surface area (Å²) < 4.78 is 0. The van der Waals surface area contributed by atoms with Gasteiger partial charge in [0, 0.05) is 31.8 Å². The van der Waals surface area contributed by atoms with Gasteiger partial charge in [-0.25, -0.2) is 0 Å². The molecule has 1 amide bonds. The zero-order valence-electron chi connectivity index (χ0n) is 23.8. The molecular formula is C29H58N4O2. The van der Waals surface area contributed by atoms with E-state index in [9.17, 15) is 9.59 Å². The molecule has 6 heteroatoms. The number of unbranched alkanes of at least 4 members (excludes halogenated alkanes) is 6. The zero-order chi connectivity index (χ0) is 25.7. The Hall–Kier alpha value is -0.980. The summed E-state index contributed by atoms with van der Waals surface area (Å²) in [5.41, 5.74) is 0. The van der Waals surface area contributed by atoms with Gasteiger partial charge in [0.2, 0.25) is 5.91 Å². The van der Waals surface area contributed by atoms with Crippen LogP contribution in [0.1, 0.15) is 110 Å². The lowest BCUT2D eigenvalue weighted by molar-refractivity contribution is -0.122. The molecule has 0 aromatic heterocycles. The van der Waals surface area contributed by atoms with Gasteiger partial charge >= 0.3 is 0 Å². The Morgan fingerprint density at radius 3 is 2.03 bits per heavy atom. The van der Waals surface area contributed by atoms with Gasteiger partial charge < -0.3 is 20.0 Å². The highest BCUT2D eigenvalue weighted by Gasteiger charge is 2.18. The van der Waals surface area contributed by atoms with Crippen LogP contribution in [0.15, 0.2) is 0 Å². The molecule has 1 atom stereocenters. The van der Waals surface area contributed by atoms with Crippen LogP contribution in [-0.2, 0) is 9.59 Å². The molecule has 206 valence electrons. The fourth-order valence-electron chi connectivity index (χ4n) is 5.01. The van der Waals surface area contributed by atoms with E-state index in [4.69, 9.17) is 0 Å². The van der Waals surface area contributed by atoms with E-state index in [1.165, 1.54) is 51.5 Å². The van der Waals surface area contributed by atoms with Crippen molar-refractivity contribution in [3.05, 3.63) is 0 Å². The second kappa shape index (κ2) is 21.1. The smallest absolute Gasteiger partial charge is 0.221 e. The average Bonchev–Trinajstić information content (AvgIpc) is 2.83. The molecule has 1 heterocycles. The quantitative estimate of drug-likeness (QED) is 0.382. The highest BCUT2D eigenvalue weighted by Crippen LogP contribution is 2.16. The van der Waals surface area contributed by atoms with Gasteiger partial charge in [-0.3, -0.25) is 9.59 Å². The molecule has 35 heavy (non-hydrogen) atoms. The lowest BCUT2D eigenvalue weighted by Gasteiger charge is -2.28. The van der Waals surface area contributed by atoms with Crippen molar-refractivity contribution in [1.29, 1.82) is 0 Å². The molecule has 0 aromatic carbocycles. The maximum atomic E-state index is 12.7. The number of rotatable bonds is 12. The third-order valence-electron chi connectivity index (χ3n) is 7.52. The van der Waals surface area contributed by atoms with Crippen LogP contribution in [-0.4, -0.2) is 92.8 Å². The Kier molecular flexibility index (Phi) is 19.4. The largest absolute Gasteiger partial charge is 0.356 e. The third-order valence-corrected chi connectivity index (χ3v) is 7.52. The molecule has 1 aliphatic rings. The fraction of sp³-hybridized carbons (Fsp3) is 0.931. The summed E-state index contributed by atoms with van der Waals surface area (Å²) in [6, 6.07) is 0.329. The van der Waals surface area contributed by atoms with E-state index in [-0.39, 0.29) is 5.91 Å². The highest BCUT2D eigenvalue weighted by atomic mass is 16.1. The highest BCUT2D eigenvalue weighted by molar-refractivity contribution is 5.78. The van der Waals surface area contributed by atoms with Gasteiger partial charge in [-0.15, -0.1) is 0 Å². The molecular weight excluding hydrogens is 436 g/mol. The number of hydrogen-bond acceptors (Lipinski definition) is 5. The molecule has 0 unspecified atom stereocenters. The number of carbonyl (C=O) groups excluding carboxylic acids is 2. The summed E-state index contributed by atoms with van der Waals surface area (Å²) >= 11 is 0. The molecule has 1 fully saturated rings. The number of hydrogen-bond donors (Lipinski definition) is 1. The summed E-state index contributed by atoms with van der Waals surface area (Å²) in [5, 5.41) is 3.17. The summed E-state index contributed by atoms with van der Waals surface area (Å²) in [4.78, 5) is 31.7. The van der Waals surface area contributed by atoms with E-state index in [1.54, 1.807) is 0 Å². The summed E-state index contributed by atoms with van der Waals surface area (Å²) in [7, 11) is 6.64. The van der Waals surface area contributed by atoms with Crippen molar-refractivity contribution in [2.45, 2.75) is 116 Å². The minimum absolute atomic E-state index is 0.207. The first-order valence-electron chi connectivity index (χ1n) is 14.8. The second-order valence-corrected chi connectivity index (χ2v) is 11.0. The van der Waals surface area contributed by atoms with Crippen molar-refractivity contribution in [3.63, 3.8) is 0 Å². The minimum atomic E-state index is 0.207. The molecule has 0 aromatic rings. The van der Waals surface area contributed by atoms with Gasteiger partial charge in [-0.2, -0.15) is 0 Å². The van der Waals surface area contributed by atoms with Gasteiger partial charge in [-0.05, 0) is 98.8 Å². The van der Waals surface area contributed by atoms with E-state index in [0.29, 0.717) is 18.2 Å². The average molecular weight is 495 g/mol. The van der Waals surface area contributed by atoms with Crippen LogP contribution in [0.2, 0.25) is 0 Å². The SMILES string of the molecule is CCCCC(=O)CCCCCCCC[C@@H]1CC(=O)NCCCN(C)CCCCN(C)CCCN1C. The van der Waals surface area contributed by atoms with E-state index >= 15 is 0 Å². The van der Waals surface area contributed by atoms with Crippen molar-refractivity contribution < 1.29 is 9.59 Å². The molecule has 1 N–H and O–H groups in total. The van der Waals surface area contributed by atoms with Crippen LogP contribution in [0.3, 0.4) is 0 Å². The molecule has 6 nitrogen and oxygen atoms in total. The van der Waals surface area contributed by atoms with Gasteiger partial charge in [0.25, 0.3) is 0 Å². The molecule has 1 saturated heterocycles. The zero-order valence-corrected chi connectivity index (χ0v) is 23.8. The first kappa shape index (κ1) is 32.0. The molecule has 0 bridgehead atoms. The monoisotopic (exact) mass is 494 g/mol. The van der Waals surface area contributed by atoms with Crippen LogP contribution in [0.25, 0.3) is 0 Å². The molecule has 0 saturated carbocycles. The second-order valence-electron chi connectivity index (χ2n) is 11.0. The van der Waals surface area contributed by atoms with Crippen molar-refractivity contribution in [2.24, 2.45) is 0 Å². The van der Waals surface area contributed by atoms with Crippen LogP contribution in [0.5, 0.6) is 0 Å². The molecule has 1 aliphatic heterocycles. The van der Waals surface area contributed by atoms with E-state index in [0.717, 1.165) is 84.1 Å². The standard InChI is InChI=1S/C29H58N4O2/c1-5-6-18-28(34)19-12-10-8-7-9-11-17-27-26-29(35)30-20-15-23-31(2)21-13-14-22-32(3)24-16-25-33(27)4/h27H,5-26H2,1-4H3,(H,30,35)/t27-/m1/s1. The van der Waals surface area contributed by atoms with Crippen molar-refractivity contribution in [1.82, 2.24) is 20.0 Å². The Morgan fingerprint density at radius 2 is 1.34 bits per heavy atom. The lowest BCUT2D eigenvalue weighted by Crippen LogP contribution is -2.39. The van der Waals surface area contributed by atoms with Crippen molar-refractivity contribution in [2.75, 3.05) is 60.4 Å². The molecule has 1 rings (SSSR count). The molecule has 0 radical (unpaired) electrons. The topological polar surface area (TPSA) is 55.9 Å². The number of ketones is 1. The Morgan fingerprint density at radius 1 is 0.771 bits per heavy atom. The van der Waals surface area contributed by atoms with E-state index in [1.807, 2.05) is 0 Å². The molecule has 0 spiro atoms. The third kappa shape index (κ3) is 18.0. The fourth-order valence-corrected chi connectivity index (χ4v) is 5.01. The number of amides is 1. The predicted octanol–water partition coefficient (Wildman–Crippen LogP) is 5.11. The van der Waals surface area contributed by atoms with Crippen LogP contribution in [0, 0.1) is 0 Å². The first-order chi connectivity index (χ1) is 16.9. The van der Waals surface area contributed by atoms with Crippen molar-refractivity contribution >= 4 is 11.7 Å². The number of nitrogens with zero attached hydrogens (tertiary/aromatic N) is 3. The molecule has 0 aliphatic carbocycles. The van der Waals surface area contributed by atoms with Gasteiger partial charge in [0.1, 0.15) is 5.78 Å². The minimum Gasteiger partial charge on any atom is -0.356 e. The Bertz CT molecular complexity index is 543. The summed E-state index contributed by atoms with van der Waals surface area (Å²) in [5.74, 6) is 0.653. The number of carbonyl (C=O) groups is 2. The normalized spacial score (nSPS) is 21.5. The lowest BCUT2D eigenvalue weighted by atomic mass is 10.0. The first-order valence-corrected chi connectivity index (χ1v) is 14.8. The predicted molar refractivity (Wildman–Crippen MR) is 149 cm³/mol. The van der Waals surface area contributed by atoms with Crippen LogP contribution in [0.4, 0.5) is 0 Å².